The summed E-state index contributed by atoms with van der Waals surface area (Å²) < 4.78 is 26.6. The number of hydrogen-bond acceptors (Lipinski definition) is 3. The Morgan fingerprint density at radius 1 is 1.13 bits per heavy atom. The van der Waals surface area contributed by atoms with Gasteiger partial charge >= 0.3 is 0 Å². The highest BCUT2D eigenvalue weighted by Crippen LogP contribution is 2.23. The third-order valence-corrected chi connectivity index (χ3v) is 5.89. The molecular formula is C17H17ClN2O2S. The van der Waals surface area contributed by atoms with Gasteiger partial charge in [-0.15, -0.1) is 0 Å². The maximum absolute atomic E-state index is 12.5. The number of benzene rings is 1. The first-order chi connectivity index (χ1) is 11.0. The van der Waals surface area contributed by atoms with Crippen molar-refractivity contribution < 1.29 is 8.42 Å². The molecule has 1 aliphatic heterocycles. The van der Waals surface area contributed by atoms with E-state index in [9.17, 15) is 8.42 Å². The van der Waals surface area contributed by atoms with Crippen molar-refractivity contribution in [2.75, 3.05) is 13.1 Å². The SMILES string of the molecule is O=S(=O)(Cc1ccc(Cl)cc1)N1CC=C(c2ccccn2)CC1. The summed E-state index contributed by atoms with van der Waals surface area (Å²) in [5.41, 5.74) is 2.76. The van der Waals surface area contributed by atoms with Crippen molar-refractivity contribution in [3.8, 4) is 0 Å². The molecule has 0 saturated carbocycles. The quantitative estimate of drug-likeness (QED) is 0.851. The summed E-state index contributed by atoms with van der Waals surface area (Å²) in [6.45, 7) is 0.875. The highest BCUT2D eigenvalue weighted by Gasteiger charge is 2.25. The summed E-state index contributed by atoms with van der Waals surface area (Å²) in [6, 6.07) is 12.7. The fraction of sp³-hybridized carbons (Fsp3) is 0.235. The van der Waals surface area contributed by atoms with Gasteiger partial charge in [-0.25, -0.2) is 8.42 Å². The Balaban J connectivity index is 1.71. The van der Waals surface area contributed by atoms with Gasteiger partial charge in [0, 0.05) is 24.3 Å². The molecule has 0 bridgehead atoms. The van der Waals surface area contributed by atoms with Gasteiger partial charge in [-0.3, -0.25) is 4.98 Å². The van der Waals surface area contributed by atoms with Gasteiger partial charge in [-0.1, -0.05) is 35.9 Å². The van der Waals surface area contributed by atoms with Gasteiger partial charge in [0.15, 0.2) is 0 Å². The molecule has 120 valence electrons. The lowest BCUT2D eigenvalue weighted by molar-refractivity contribution is 0.440. The summed E-state index contributed by atoms with van der Waals surface area (Å²) in [5, 5.41) is 0.604. The summed E-state index contributed by atoms with van der Waals surface area (Å²) in [7, 11) is -3.33. The highest BCUT2D eigenvalue weighted by atomic mass is 35.5. The van der Waals surface area contributed by atoms with E-state index in [1.54, 1.807) is 30.5 Å². The van der Waals surface area contributed by atoms with Crippen LogP contribution in [0, 0.1) is 0 Å². The first kappa shape index (κ1) is 16.2. The van der Waals surface area contributed by atoms with Crippen LogP contribution in [0.5, 0.6) is 0 Å². The fourth-order valence-electron chi connectivity index (χ4n) is 2.57. The number of hydrogen-bond donors (Lipinski definition) is 0. The molecular weight excluding hydrogens is 332 g/mol. The van der Waals surface area contributed by atoms with Crippen LogP contribution in [0.1, 0.15) is 17.7 Å². The van der Waals surface area contributed by atoms with Crippen molar-refractivity contribution in [3.05, 3.63) is 71.0 Å². The number of nitrogens with zero attached hydrogens (tertiary/aromatic N) is 2. The molecule has 1 aliphatic rings. The van der Waals surface area contributed by atoms with Crippen LogP contribution in [0.15, 0.2) is 54.7 Å². The van der Waals surface area contributed by atoms with Crippen LogP contribution in [-0.2, 0) is 15.8 Å². The topological polar surface area (TPSA) is 50.3 Å². The van der Waals surface area contributed by atoms with Crippen molar-refractivity contribution >= 4 is 27.2 Å². The Morgan fingerprint density at radius 2 is 1.91 bits per heavy atom. The Kier molecular flexibility index (Phi) is 4.80. The first-order valence-corrected chi connectivity index (χ1v) is 9.36. The molecule has 4 nitrogen and oxygen atoms in total. The van der Waals surface area contributed by atoms with Gasteiger partial charge in [0.1, 0.15) is 0 Å². The van der Waals surface area contributed by atoms with Gasteiger partial charge < -0.3 is 0 Å². The Morgan fingerprint density at radius 3 is 2.52 bits per heavy atom. The molecule has 2 heterocycles. The van der Waals surface area contributed by atoms with E-state index in [0.29, 0.717) is 24.5 Å². The molecule has 0 amide bonds. The van der Waals surface area contributed by atoms with E-state index < -0.39 is 10.0 Å². The summed E-state index contributed by atoms with van der Waals surface area (Å²) >= 11 is 5.83. The van der Waals surface area contributed by atoms with Crippen molar-refractivity contribution in [1.29, 1.82) is 0 Å². The molecule has 1 aromatic heterocycles. The molecule has 0 unspecified atom stereocenters. The van der Waals surface area contributed by atoms with E-state index in [1.165, 1.54) is 4.31 Å². The molecule has 6 heteroatoms. The van der Waals surface area contributed by atoms with E-state index >= 15 is 0 Å². The second-order valence-corrected chi connectivity index (χ2v) is 7.84. The van der Waals surface area contributed by atoms with Crippen molar-refractivity contribution in [2.45, 2.75) is 12.2 Å². The van der Waals surface area contributed by atoms with E-state index in [1.807, 2.05) is 24.3 Å². The lowest BCUT2D eigenvalue weighted by atomic mass is 10.1. The second kappa shape index (κ2) is 6.83. The van der Waals surface area contributed by atoms with Crippen LogP contribution in [0.3, 0.4) is 0 Å². The van der Waals surface area contributed by atoms with Crippen LogP contribution in [0.4, 0.5) is 0 Å². The molecule has 23 heavy (non-hydrogen) atoms. The predicted octanol–water partition coefficient (Wildman–Crippen LogP) is 3.35. The number of sulfonamides is 1. The molecule has 2 aromatic rings. The monoisotopic (exact) mass is 348 g/mol. The van der Waals surface area contributed by atoms with E-state index in [0.717, 1.165) is 16.8 Å². The molecule has 0 fully saturated rings. The van der Waals surface area contributed by atoms with Gasteiger partial charge in [-0.2, -0.15) is 4.31 Å². The van der Waals surface area contributed by atoms with E-state index in [-0.39, 0.29) is 5.75 Å². The minimum atomic E-state index is -3.33. The third-order valence-electron chi connectivity index (χ3n) is 3.82. The lowest BCUT2D eigenvalue weighted by Crippen LogP contribution is -2.35. The summed E-state index contributed by atoms with van der Waals surface area (Å²) in [5.74, 6) is -0.00305. The Bertz CT molecular complexity index is 802. The predicted molar refractivity (Wildman–Crippen MR) is 92.5 cm³/mol. The number of aromatic nitrogens is 1. The number of halogens is 1. The Labute approximate surface area is 141 Å². The van der Waals surface area contributed by atoms with Gasteiger partial charge in [-0.05, 0) is 41.8 Å². The zero-order chi connectivity index (χ0) is 16.3. The third kappa shape index (κ3) is 3.99. The maximum atomic E-state index is 12.5. The van der Waals surface area contributed by atoms with Gasteiger partial charge in [0.25, 0.3) is 0 Å². The average Bonchev–Trinajstić information content (AvgIpc) is 2.58. The summed E-state index contributed by atoms with van der Waals surface area (Å²) in [6.07, 6.45) is 4.38. The normalized spacial score (nSPS) is 16.1. The zero-order valence-corrected chi connectivity index (χ0v) is 14.1. The molecule has 0 radical (unpaired) electrons. The molecule has 0 N–H and O–H groups in total. The van der Waals surface area contributed by atoms with E-state index in [2.05, 4.69) is 4.98 Å². The van der Waals surface area contributed by atoms with Crippen molar-refractivity contribution in [2.24, 2.45) is 0 Å². The molecule has 0 aliphatic carbocycles. The van der Waals surface area contributed by atoms with Crippen LogP contribution >= 0.6 is 11.6 Å². The fourth-order valence-corrected chi connectivity index (χ4v) is 4.16. The van der Waals surface area contributed by atoms with Crippen molar-refractivity contribution in [1.82, 2.24) is 9.29 Å². The molecule has 0 atom stereocenters. The van der Waals surface area contributed by atoms with Crippen LogP contribution < -0.4 is 0 Å². The minimum absolute atomic E-state index is 0.00305. The lowest BCUT2D eigenvalue weighted by Gasteiger charge is -2.25. The molecule has 0 spiro atoms. The van der Waals surface area contributed by atoms with Gasteiger partial charge in [0.2, 0.25) is 10.0 Å². The van der Waals surface area contributed by atoms with Crippen LogP contribution in [-0.4, -0.2) is 30.8 Å². The average molecular weight is 349 g/mol. The Hall–Kier alpha value is -1.69. The minimum Gasteiger partial charge on any atom is -0.257 e. The van der Waals surface area contributed by atoms with E-state index in [4.69, 9.17) is 11.6 Å². The second-order valence-electron chi connectivity index (χ2n) is 5.44. The van der Waals surface area contributed by atoms with Crippen LogP contribution in [0.2, 0.25) is 5.02 Å². The van der Waals surface area contributed by atoms with Crippen LogP contribution in [0.25, 0.3) is 5.57 Å². The smallest absolute Gasteiger partial charge is 0.218 e. The molecule has 1 aromatic carbocycles. The van der Waals surface area contributed by atoms with Crippen molar-refractivity contribution in [3.63, 3.8) is 0 Å². The summed E-state index contributed by atoms with van der Waals surface area (Å²) in [4.78, 5) is 4.32. The largest absolute Gasteiger partial charge is 0.257 e. The first-order valence-electron chi connectivity index (χ1n) is 7.37. The molecule has 3 rings (SSSR count). The number of rotatable bonds is 4. The van der Waals surface area contributed by atoms with Gasteiger partial charge in [0.05, 0.1) is 11.4 Å². The zero-order valence-electron chi connectivity index (χ0n) is 12.5. The molecule has 0 saturated heterocycles. The number of pyridine rings is 1. The standard InChI is InChI=1S/C17H17ClN2O2S/c18-16-6-4-14(5-7-16)13-23(21,22)20-11-8-15(9-12-20)17-3-1-2-10-19-17/h1-8,10H,9,11-13H2. The maximum Gasteiger partial charge on any atom is 0.218 e. The highest BCUT2D eigenvalue weighted by molar-refractivity contribution is 7.88.